The summed E-state index contributed by atoms with van der Waals surface area (Å²) in [5.41, 5.74) is 2.12. The third kappa shape index (κ3) is 3.08. The number of hydrogen-bond donors (Lipinski definition) is 0. The molecule has 0 saturated carbocycles. The number of benzene rings is 1. The van der Waals surface area contributed by atoms with Crippen molar-refractivity contribution in [3.05, 3.63) is 41.2 Å². The molecular formula is C17H20O5. The van der Waals surface area contributed by atoms with Gasteiger partial charge in [-0.15, -0.1) is 0 Å². The Kier molecular flexibility index (Phi) is 5.09. The largest absolute Gasteiger partial charge is 0.501 e. The lowest BCUT2D eigenvalue weighted by Gasteiger charge is -2.20. The quantitative estimate of drug-likeness (QED) is 0.783. The van der Waals surface area contributed by atoms with E-state index in [2.05, 4.69) is 0 Å². The Balaban J connectivity index is 2.65. The topological polar surface area (TPSA) is 54.0 Å². The van der Waals surface area contributed by atoms with E-state index in [0.717, 1.165) is 16.9 Å². The van der Waals surface area contributed by atoms with E-state index in [-0.39, 0.29) is 5.97 Å². The van der Waals surface area contributed by atoms with E-state index in [4.69, 9.17) is 18.9 Å². The monoisotopic (exact) mass is 304 g/mol. The molecule has 0 atom stereocenters. The Morgan fingerprint density at radius 3 is 2.36 bits per heavy atom. The van der Waals surface area contributed by atoms with Crippen molar-refractivity contribution in [2.75, 3.05) is 28.4 Å². The van der Waals surface area contributed by atoms with Gasteiger partial charge < -0.3 is 18.9 Å². The van der Waals surface area contributed by atoms with Crippen LogP contribution in [-0.4, -0.2) is 34.4 Å². The Bertz CT molecular complexity index is 628. The highest BCUT2D eigenvalue weighted by Gasteiger charge is 2.23. The van der Waals surface area contributed by atoms with Crippen LogP contribution in [0.2, 0.25) is 0 Å². The lowest BCUT2D eigenvalue weighted by atomic mass is 9.90. The number of methoxy groups -OCH3 is 4. The van der Waals surface area contributed by atoms with E-state index in [0.29, 0.717) is 29.9 Å². The SMILES string of the molecule is COC(=O)C1=C(c2cc(OC)ccc2OC)C=C(OC)CC1. The van der Waals surface area contributed by atoms with Gasteiger partial charge in [-0.3, -0.25) is 0 Å². The van der Waals surface area contributed by atoms with Crippen molar-refractivity contribution in [1.29, 1.82) is 0 Å². The van der Waals surface area contributed by atoms with Gasteiger partial charge in [0.15, 0.2) is 0 Å². The molecule has 1 aromatic rings. The highest BCUT2D eigenvalue weighted by molar-refractivity contribution is 6.01. The first-order valence-electron chi connectivity index (χ1n) is 6.93. The molecule has 0 heterocycles. The number of hydrogen-bond acceptors (Lipinski definition) is 5. The smallest absolute Gasteiger partial charge is 0.334 e. The molecule has 22 heavy (non-hydrogen) atoms. The predicted molar refractivity (Wildman–Crippen MR) is 82.8 cm³/mol. The number of esters is 1. The number of rotatable bonds is 5. The lowest BCUT2D eigenvalue weighted by molar-refractivity contribution is -0.136. The molecule has 0 spiro atoms. The van der Waals surface area contributed by atoms with Crippen LogP contribution in [0, 0.1) is 0 Å². The fourth-order valence-electron chi connectivity index (χ4n) is 2.46. The zero-order chi connectivity index (χ0) is 16.1. The summed E-state index contributed by atoms with van der Waals surface area (Å²) in [6.45, 7) is 0. The molecule has 0 saturated heterocycles. The van der Waals surface area contributed by atoms with E-state index in [9.17, 15) is 4.79 Å². The Morgan fingerprint density at radius 1 is 1.00 bits per heavy atom. The molecule has 1 aliphatic carbocycles. The van der Waals surface area contributed by atoms with E-state index in [1.807, 2.05) is 24.3 Å². The normalized spacial score (nSPS) is 14.3. The molecular weight excluding hydrogens is 284 g/mol. The van der Waals surface area contributed by atoms with Gasteiger partial charge in [0.25, 0.3) is 0 Å². The first-order chi connectivity index (χ1) is 10.6. The molecule has 0 aliphatic heterocycles. The minimum absolute atomic E-state index is 0.341. The number of carbonyl (C=O) groups excluding carboxylic acids is 1. The van der Waals surface area contributed by atoms with Crippen molar-refractivity contribution in [2.45, 2.75) is 12.8 Å². The maximum atomic E-state index is 12.1. The van der Waals surface area contributed by atoms with Crippen molar-refractivity contribution in [1.82, 2.24) is 0 Å². The Hall–Kier alpha value is -2.43. The molecule has 1 aromatic carbocycles. The van der Waals surface area contributed by atoms with Crippen molar-refractivity contribution in [2.24, 2.45) is 0 Å². The fraction of sp³-hybridized carbons (Fsp3) is 0.353. The maximum Gasteiger partial charge on any atom is 0.334 e. The second kappa shape index (κ2) is 7.02. The van der Waals surface area contributed by atoms with Crippen LogP contribution in [0.4, 0.5) is 0 Å². The minimum atomic E-state index is -0.341. The number of carbonyl (C=O) groups is 1. The molecule has 5 heteroatoms. The Labute approximate surface area is 130 Å². The predicted octanol–water partition coefficient (Wildman–Crippen LogP) is 2.95. The Morgan fingerprint density at radius 2 is 1.77 bits per heavy atom. The average Bonchev–Trinajstić information content (AvgIpc) is 2.59. The summed E-state index contributed by atoms with van der Waals surface area (Å²) in [5.74, 6) is 1.81. The van der Waals surface area contributed by atoms with Gasteiger partial charge in [-0.25, -0.2) is 4.79 Å². The number of allylic oxidation sites excluding steroid dienone is 3. The molecule has 0 unspecified atom stereocenters. The zero-order valence-electron chi connectivity index (χ0n) is 13.3. The van der Waals surface area contributed by atoms with Gasteiger partial charge in [0.2, 0.25) is 0 Å². The van der Waals surface area contributed by atoms with E-state index >= 15 is 0 Å². The standard InChI is InChI=1S/C17H20O5/c1-19-11-5-7-13(17(18)22-4)14(9-11)15-10-12(20-2)6-8-16(15)21-3/h6,8-10H,5,7H2,1-4H3. The van der Waals surface area contributed by atoms with Crippen LogP contribution in [0.3, 0.4) is 0 Å². The van der Waals surface area contributed by atoms with Crippen LogP contribution in [0.5, 0.6) is 11.5 Å². The van der Waals surface area contributed by atoms with Crippen LogP contribution in [0.25, 0.3) is 5.57 Å². The maximum absolute atomic E-state index is 12.1. The molecule has 5 nitrogen and oxygen atoms in total. The minimum Gasteiger partial charge on any atom is -0.501 e. The molecule has 0 radical (unpaired) electrons. The van der Waals surface area contributed by atoms with Crippen molar-refractivity contribution in [3.63, 3.8) is 0 Å². The highest BCUT2D eigenvalue weighted by atomic mass is 16.5. The van der Waals surface area contributed by atoms with Gasteiger partial charge in [0.05, 0.1) is 34.2 Å². The summed E-state index contributed by atoms with van der Waals surface area (Å²) in [5, 5.41) is 0. The summed E-state index contributed by atoms with van der Waals surface area (Å²) in [6.07, 6.45) is 3.08. The van der Waals surface area contributed by atoms with Crippen molar-refractivity contribution in [3.8, 4) is 11.5 Å². The van der Waals surface area contributed by atoms with Gasteiger partial charge in [0.1, 0.15) is 11.5 Å². The molecule has 0 N–H and O–H groups in total. The van der Waals surface area contributed by atoms with Crippen LogP contribution in [0.15, 0.2) is 35.6 Å². The van der Waals surface area contributed by atoms with Gasteiger partial charge in [-0.2, -0.15) is 0 Å². The van der Waals surface area contributed by atoms with Crippen LogP contribution in [0.1, 0.15) is 18.4 Å². The second-order valence-electron chi connectivity index (χ2n) is 4.76. The summed E-state index contributed by atoms with van der Waals surface area (Å²) < 4.78 is 20.9. The summed E-state index contributed by atoms with van der Waals surface area (Å²) in [7, 11) is 6.19. The van der Waals surface area contributed by atoms with Gasteiger partial charge >= 0.3 is 5.97 Å². The van der Waals surface area contributed by atoms with Crippen LogP contribution in [-0.2, 0) is 14.3 Å². The van der Waals surface area contributed by atoms with Gasteiger partial charge in [0, 0.05) is 17.6 Å². The van der Waals surface area contributed by atoms with Gasteiger partial charge in [-0.1, -0.05) is 0 Å². The third-order valence-corrected chi connectivity index (χ3v) is 3.64. The average molecular weight is 304 g/mol. The fourth-order valence-corrected chi connectivity index (χ4v) is 2.46. The van der Waals surface area contributed by atoms with Crippen LogP contribution < -0.4 is 9.47 Å². The van der Waals surface area contributed by atoms with E-state index in [1.54, 1.807) is 21.3 Å². The van der Waals surface area contributed by atoms with E-state index in [1.165, 1.54) is 7.11 Å². The van der Waals surface area contributed by atoms with Crippen molar-refractivity contribution >= 4 is 11.5 Å². The molecule has 0 bridgehead atoms. The second-order valence-corrected chi connectivity index (χ2v) is 4.76. The third-order valence-electron chi connectivity index (χ3n) is 3.64. The molecule has 0 amide bonds. The van der Waals surface area contributed by atoms with Crippen LogP contribution >= 0.6 is 0 Å². The molecule has 0 fully saturated rings. The summed E-state index contributed by atoms with van der Waals surface area (Å²) in [4.78, 5) is 12.1. The summed E-state index contributed by atoms with van der Waals surface area (Å²) >= 11 is 0. The van der Waals surface area contributed by atoms with Crippen molar-refractivity contribution < 1.29 is 23.7 Å². The molecule has 1 aliphatic rings. The first-order valence-corrected chi connectivity index (χ1v) is 6.93. The van der Waals surface area contributed by atoms with E-state index < -0.39 is 0 Å². The number of ether oxygens (including phenoxy) is 4. The molecule has 0 aromatic heterocycles. The summed E-state index contributed by atoms with van der Waals surface area (Å²) in [6, 6.07) is 5.46. The van der Waals surface area contributed by atoms with Gasteiger partial charge in [-0.05, 0) is 36.3 Å². The highest BCUT2D eigenvalue weighted by Crippen LogP contribution is 2.37. The zero-order valence-corrected chi connectivity index (χ0v) is 13.3. The lowest BCUT2D eigenvalue weighted by Crippen LogP contribution is -2.11. The molecule has 118 valence electrons. The molecule has 2 rings (SSSR count). The first kappa shape index (κ1) is 15.9.